The Labute approximate surface area is 122 Å². The predicted octanol–water partition coefficient (Wildman–Crippen LogP) is 2.77. The van der Waals surface area contributed by atoms with Gasteiger partial charge in [-0.25, -0.2) is 4.79 Å². The lowest BCUT2D eigenvalue weighted by Crippen LogP contribution is -2.39. The molecule has 2 unspecified atom stereocenters. The fraction of sp³-hybridized carbons (Fsp3) is 0.571. The summed E-state index contributed by atoms with van der Waals surface area (Å²) in [5.74, 6) is -0.270. The molecule has 0 bridgehead atoms. The number of aromatic carboxylic acids is 1. The fourth-order valence-electron chi connectivity index (χ4n) is 2.49. The van der Waals surface area contributed by atoms with Crippen molar-refractivity contribution in [3.63, 3.8) is 0 Å². The highest BCUT2D eigenvalue weighted by atomic mass is 32.2. The molecule has 2 N–H and O–H groups in total. The summed E-state index contributed by atoms with van der Waals surface area (Å²) in [6.07, 6.45) is 5.35. The van der Waals surface area contributed by atoms with Crippen LogP contribution in [0.15, 0.2) is 16.7 Å². The molecule has 1 saturated carbocycles. The maximum Gasteiger partial charge on any atom is 0.338 e. The molecule has 1 aromatic heterocycles. The largest absolute Gasteiger partial charge is 0.478 e. The summed E-state index contributed by atoms with van der Waals surface area (Å²) in [6, 6.07) is 1.41. The van der Waals surface area contributed by atoms with Crippen LogP contribution in [0.2, 0.25) is 0 Å². The number of amides is 1. The first-order valence-corrected chi connectivity index (χ1v) is 7.89. The lowest BCUT2D eigenvalue weighted by Gasteiger charge is -2.28. The average molecular weight is 297 g/mol. The SMILES string of the molecule is CCSC1CCCC(NC(=O)c2cc(C(=O)O)co2)C1. The Morgan fingerprint density at radius 1 is 1.50 bits per heavy atom. The average Bonchev–Trinajstić information content (AvgIpc) is 2.89. The molecule has 20 heavy (non-hydrogen) atoms. The van der Waals surface area contributed by atoms with E-state index in [4.69, 9.17) is 9.52 Å². The van der Waals surface area contributed by atoms with Gasteiger partial charge in [0.2, 0.25) is 0 Å². The molecule has 1 aromatic rings. The third kappa shape index (κ3) is 3.79. The molecule has 1 heterocycles. The van der Waals surface area contributed by atoms with Crippen LogP contribution in [0.5, 0.6) is 0 Å². The number of carbonyl (C=O) groups is 2. The van der Waals surface area contributed by atoms with Crippen LogP contribution in [0.25, 0.3) is 0 Å². The van der Waals surface area contributed by atoms with Crippen LogP contribution in [-0.4, -0.2) is 34.0 Å². The lowest BCUT2D eigenvalue weighted by molar-refractivity contribution is 0.0695. The van der Waals surface area contributed by atoms with Gasteiger partial charge in [0.25, 0.3) is 5.91 Å². The number of nitrogens with one attached hydrogen (secondary N) is 1. The Bertz CT molecular complexity index is 483. The van der Waals surface area contributed by atoms with E-state index in [-0.39, 0.29) is 23.3 Å². The maximum absolute atomic E-state index is 12.0. The second kappa shape index (κ2) is 6.83. The van der Waals surface area contributed by atoms with E-state index >= 15 is 0 Å². The van der Waals surface area contributed by atoms with Gasteiger partial charge in [-0.3, -0.25) is 4.79 Å². The summed E-state index contributed by atoms with van der Waals surface area (Å²) < 4.78 is 5.01. The van der Waals surface area contributed by atoms with Gasteiger partial charge in [-0.2, -0.15) is 11.8 Å². The number of furan rings is 1. The smallest absolute Gasteiger partial charge is 0.338 e. The van der Waals surface area contributed by atoms with Crippen LogP contribution < -0.4 is 5.32 Å². The third-order valence-corrected chi connectivity index (χ3v) is 4.67. The van der Waals surface area contributed by atoms with E-state index in [1.54, 1.807) is 0 Å². The van der Waals surface area contributed by atoms with Gasteiger partial charge in [0.15, 0.2) is 5.76 Å². The summed E-state index contributed by atoms with van der Waals surface area (Å²) >= 11 is 1.93. The number of thioether (sulfide) groups is 1. The van der Waals surface area contributed by atoms with Crippen molar-refractivity contribution in [1.29, 1.82) is 0 Å². The van der Waals surface area contributed by atoms with Gasteiger partial charge in [0.1, 0.15) is 6.26 Å². The molecule has 0 saturated heterocycles. The summed E-state index contributed by atoms with van der Waals surface area (Å²) in [7, 11) is 0. The molecule has 1 amide bonds. The van der Waals surface area contributed by atoms with Crippen LogP contribution in [0.3, 0.4) is 0 Å². The minimum atomic E-state index is -1.09. The number of carboxylic acid groups (broad SMARTS) is 1. The van der Waals surface area contributed by atoms with E-state index in [2.05, 4.69) is 12.2 Å². The van der Waals surface area contributed by atoms with Crippen molar-refractivity contribution in [2.75, 3.05) is 5.75 Å². The minimum Gasteiger partial charge on any atom is -0.478 e. The molecule has 1 aliphatic carbocycles. The second-order valence-electron chi connectivity index (χ2n) is 4.92. The van der Waals surface area contributed by atoms with Crippen LogP contribution in [-0.2, 0) is 0 Å². The highest BCUT2D eigenvalue weighted by molar-refractivity contribution is 7.99. The first-order chi connectivity index (χ1) is 9.60. The monoisotopic (exact) mass is 297 g/mol. The van der Waals surface area contributed by atoms with Crippen LogP contribution >= 0.6 is 11.8 Å². The molecule has 2 atom stereocenters. The maximum atomic E-state index is 12.0. The Morgan fingerprint density at radius 3 is 2.95 bits per heavy atom. The first-order valence-electron chi connectivity index (χ1n) is 6.84. The van der Waals surface area contributed by atoms with Gasteiger partial charge in [-0.05, 0) is 25.0 Å². The van der Waals surface area contributed by atoms with E-state index < -0.39 is 5.97 Å². The van der Waals surface area contributed by atoms with E-state index in [0.29, 0.717) is 5.25 Å². The van der Waals surface area contributed by atoms with E-state index in [9.17, 15) is 9.59 Å². The second-order valence-corrected chi connectivity index (χ2v) is 6.50. The van der Waals surface area contributed by atoms with Gasteiger partial charge in [0, 0.05) is 17.4 Å². The molecular formula is C14H19NO4S. The van der Waals surface area contributed by atoms with Crippen molar-refractivity contribution in [3.05, 3.63) is 23.7 Å². The molecule has 0 aromatic carbocycles. The Balaban J connectivity index is 1.91. The Hall–Kier alpha value is -1.43. The van der Waals surface area contributed by atoms with Gasteiger partial charge in [-0.1, -0.05) is 13.3 Å². The number of carboxylic acids is 1. The molecule has 0 aliphatic heterocycles. The topological polar surface area (TPSA) is 79.5 Å². The minimum absolute atomic E-state index is 0.00166. The summed E-state index contributed by atoms with van der Waals surface area (Å²) in [5, 5.41) is 12.3. The van der Waals surface area contributed by atoms with Gasteiger partial charge in [0.05, 0.1) is 5.56 Å². The van der Waals surface area contributed by atoms with Crippen molar-refractivity contribution in [1.82, 2.24) is 5.32 Å². The van der Waals surface area contributed by atoms with Crippen molar-refractivity contribution in [2.45, 2.75) is 43.9 Å². The molecule has 110 valence electrons. The molecular weight excluding hydrogens is 278 g/mol. The first kappa shape index (κ1) is 15.0. The van der Waals surface area contributed by atoms with Gasteiger partial charge in [-0.15, -0.1) is 0 Å². The van der Waals surface area contributed by atoms with E-state index in [0.717, 1.165) is 31.3 Å². The molecule has 1 fully saturated rings. The standard InChI is InChI=1S/C14H19NO4S/c1-2-20-11-5-3-4-10(7-11)15-13(16)12-6-9(8-19-12)14(17)18/h6,8,10-11H,2-5,7H2,1H3,(H,15,16)(H,17,18). The highest BCUT2D eigenvalue weighted by Gasteiger charge is 2.24. The Morgan fingerprint density at radius 2 is 2.30 bits per heavy atom. The number of rotatable bonds is 5. The molecule has 6 heteroatoms. The van der Waals surface area contributed by atoms with Crippen LogP contribution in [0, 0.1) is 0 Å². The number of carbonyl (C=O) groups excluding carboxylic acids is 1. The van der Waals surface area contributed by atoms with Crippen LogP contribution in [0.4, 0.5) is 0 Å². The molecule has 5 nitrogen and oxygen atoms in total. The van der Waals surface area contributed by atoms with Gasteiger partial charge >= 0.3 is 5.97 Å². The third-order valence-electron chi connectivity index (χ3n) is 3.43. The van der Waals surface area contributed by atoms with Gasteiger partial charge < -0.3 is 14.8 Å². The number of hydrogen-bond donors (Lipinski definition) is 2. The summed E-state index contributed by atoms with van der Waals surface area (Å²) in [5.41, 5.74) is -0.00166. The molecule has 1 aliphatic rings. The Kier molecular flexibility index (Phi) is 5.11. The van der Waals surface area contributed by atoms with Crippen molar-refractivity contribution in [2.24, 2.45) is 0 Å². The van der Waals surface area contributed by atoms with Crippen molar-refractivity contribution < 1.29 is 19.1 Å². The predicted molar refractivity (Wildman–Crippen MR) is 77.3 cm³/mol. The lowest BCUT2D eigenvalue weighted by atomic mass is 9.95. The molecule has 0 radical (unpaired) electrons. The summed E-state index contributed by atoms with van der Waals surface area (Å²) in [4.78, 5) is 22.8. The molecule has 2 rings (SSSR count). The van der Waals surface area contributed by atoms with Crippen molar-refractivity contribution in [3.8, 4) is 0 Å². The highest BCUT2D eigenvalue weighted by Crippen LogP contribution is 2.28. The van der Waals surface area contributed by atoms with Crippen molar-refractivity contribution >= 4 is 23.6 Å². The quantitative estimate of drug-likeness (QED) is 0.873. The van der Waals surface area contributed by atoms with E-state index in [1.807, 2.05) is 11.8 Å². The van der Waals surface area contributed by atoms with Crippen LogP contribution in [0.1, 0.15) is 53.5 Å². The zero-order valence-corrected chi connectivity index (χ0v) is 12.2. The number of hydrogen-bond acceptors (Lipinski definition) is 4. The fourth-order valence-corrected chi connectivity index (χ4v) is 3.66. The summed E-state index contributed by atoms with van der Waals surface area (Å²) in [6.45, 7) is 2.14. The molecule has 0 spiro atoms. The normalized spacial score (nSPS) is 22.4. The zero-order valence-electron chi connectivity index (χ0n) is 11.4. The zero-order chi connectivity index (χ0) is 14.5. The van der Waals surface area contributed by atoms with E-state index in [1.165, 1.54) is 12.5 Å².